The molecule has 2 rings (SSSR count). The Balaban J connectivity index is 1.77. The lowest BCUT2D eigenvalue weighted by atomic mass is 10.2. The first-order valence-corrected chi connectivity index (χ1v) is 5.64. The van der Waals surface area contributed by atoms with E-state index >= 15 is 0 Å². The maximum atomic E-state index is 9.05. The van der Waals surface area contributed by atoms with Crippen LogP contribution in [-0.2, 0) is 0 Å². The molecule has 2 unspecified atom stereocenters. The molecule has 1 aliphatic rings. The highest BCUT2D eigenvalue weighted by Crippen LogP contribution is 2.08. The number of hydrogen-bond donors (Lipinski definition) is 3. The van der Waals surface area contributed by atoms with Crippen molar-refractivity contribution in [2.75, 3.05) is 26.3 Å². The monoisotopic (exact) mass is 222 g/mol. The van der Waals surface area contributed by atoms with Crippen LogP contribution in [0.5, 0.6) is 5.75 Å². The zero-order valence-corrected chi connectivity index (χ0v) is 9.23. The molecule has 0 saturated carbocycles. The quantitative estimate of drug-likeness (QED) is 0.670. The van der Waals surface area contributed by atoms with Gasteiger partial charge < -0.3 is 20.5 Å². The normalized spacial score (nSPS) is 25.3. The van der Waals surface area contributed by atoms with Gasteiger partial charge in [-0.25, -0.2) is 0 Å². The maximum absolute atomic E-state index is 9.05. The summed E-state index contributed by atoms with van der Waals surface area (Å²) in [6.07, 6.45) is 0. The molecule has 0 spiro atoms. The van der Waals surface area contributed by atoms with E-state index < -0.39 is 0 Å². The van der Waals surface area contributed by atoms with Crippen LogP contribution in [0.25, 0.3) is 0 Å². The van der Waals surface area contributed by atoms with Gasteiger partial charge in [-0.2, -0.15) is 0 Å². The summed E-state index contributed by atoms with van der Waals surface area (Å²) in [5.74, 6) is 0.885. The standard InChI is InChI=1S/C12H18N2O2/c15-8-10-6-13-7-11(14-10)9-16-12-4-2-1-3-5-12/h1-5,10-11,13-15H,6-9H2. The summed E-state index contributed by atoms with van der Waals surface area (Å²) in [4.78, 5) is 0. The molecule has 2 atom stereocenters. The minimum Gasteiger partial charge on any atom is -0.492 e. The zero-order chi connectivity index (χ0) is 11.2. The van der Waals surface area contributed by atoms with Crippen molar-refractivity contribution in [3.05, 3.63) is 30.3 Å². The summed E-state index contributed by atoms with van der Waals surface area (Å²) in [7, 11) is 0. The molecule has 4 heteroatoms. The van der Waals surface area contributed by atoms with Gasteiger partial charge in [0.25, 0.3) is 0 Å². The van der Waals surface area contributed by atoms with Crippen molar-refractivity contribution in [2.24, 2.45) is 0 Å². The molecule has 88 valence electrons. The molecule has 0 bridgehead atoms. The topological polar surface area (TPSA) is 53.5 Å². The fourth-order valence-electron chi connectivity index (χ4n) is 1.82. The minimum absolute atomic E-state index is 0.137. The Labute approximate surface area is 95.6 Å². The lowest BCUT2D eigenvalue weighted by Gasteiger charge is -2.30. The number of hydrogen-bond acceptors (Lipinski definition) is 4. The second-order valence-corrected chi connectivity index (χ2v) is 4.03. The zero-order valence-electron chi connectivity index (χ0n) is 9.23. The van der Waals surface area contributed by atoms with Gasteiger partial charge in [0, 0.05) is 19.1 Å². The van der Waals surface area contributed by atoms with Crippen LogP contribution in [0.15, 0.2) is 30.3 Å². The molecule has 0 aromatic heterocycles. The van der Waals surface area contributed by atoms with Crippen LogP contribution in [0, 0.1) is 0 Å². The van der Waals surface area contributed by atoms with Gasteiger partial charge in [0.05, 0.1) is 12.6 Å². The second kappa shape index (κ2) is 5.84. The van der Waals surface area contributed by atoms with Crippen molar-refractivity contribution in [1.82, 2.24) is 10.6 Å². The Hall–Kier alpha value is -1.10. The molecule has 1 fully saturated rings. The largest absolute Gasteiger partial charge is 0.492 e. The van der Waals surface area contributed by atoms with E-state index in [4.69, 9.17) is 9.84 Å². The lowest BCUT2D eigenvalue weighted by Crippen LogP contribution is -2.58. The first kappa shape index (κ1) is 11.4. The molecule has 1 saturated heterocycles. The van der Waals surface area contributed by atoms with Gasteiger partial charge in [-0.15, -0.1) is 0 Å². The summed E-state index contributed by atoms with van der Waals surface area (Å²) in [5, 5.41) is 15.7. The van der Waals surface area contributed by atoms with Crippen molar-refractivity contribution in [1.29, 1.82) is 0 Å². The molecular formula is C12H18N2O2. The Morgan fingerprint density at radius 2 is 1.94 bits per heavy atom. The number of piperazine rings is 1. The SMILES string of the molecule is OCC1CNCC(COc2ccccc2)N1. The summed E-state index contributed by atoms with van der Waals surface area (Å²) in [6.45, 7) is 2.48. The smallest absolute Gasteiger partial charge is 0.119 e. The van der Waals surface area contributed by atoms with Gasteiger partial charge >= 0.3 is 0 Å². The lowest BCUT2D eigenvalue weighted by molar-refractivity contribution is 0.176. The molecule has 0 amide bonds. The number of aliphatic hydroxyl groups is 1. The highest BCUT2D eigenvalue weighted by atomic mass is 16.5. The van der Waals surface area contributed by atoms with Crippen LogP contribution in [0.4, 0.5) is 0 Å². The fraction of sp³-hybridized carbons (Fsp3) is 0.500. The average Bonchev–Trinajstić information content (AvgIpc) is 2.38. The highest BCUT2D eigenvalue weighted by molar-refractivity contribution is 5.20. The van der Waals surface area contributed by atoms with E-state index in [1.54, 1.807) is 0 Å². The van der Waals surface area contributed by atoms with E-state index in [9.17, 15) is 0 Å². The third-order valence-electron chi connectivity index (χ3n) is 2.67. The number of ether oxygens (including phenoxy) is 1. The summed E-state index contributed by atoms with van der Waals surface area (Å²) < 4.78 is 5.65. The molecule has 1 aromatic rings. The third kappa shape index (κ3) is 3.20. The number of rotatable bonds is 4. The Morgan fingerprint density at radius 3 is 2.69 bits per heavy atom. The van der Waals surface area contributed by atoms with Crippen LogP contribution < -0.4 is 15.4 Å². The fourth-order valence-corrected chi connectivity index (χ4v) is 1.82. The van der Waals surface area contributed by atoms with Crippen molar-refractivity contribution in [2.45, 2.75) is 12.1 Å². The molecule has 1 aromatic carbocycles. The predicted molar refractivity (Wildman–Crippen MR) is 62.6 cm³/mol. The first-order chi connectivity index (χ1) is 7.88. The maximum Gasteiger partial charge on any atom is 0.119 e. The molecular weight excluding hydrogens is 204 g/mol. The predicted octanol–water partition coefficient (Wildman–Crippen LogP) is -0.0123. The summed E-state index contributed by atoms with van der Waals surface area (Å²) >= 11 is 0. The van der Waals surface area contributed by atoms with E-state index in [0.29, 0.717) is 6.61 Å². The van der Waals surface area contributed by atoms with Crippen LogP contribution in [0.2, 0.25) is 0 Å². The molecule has 0 aliphatic carbocycles. The van der Waals surface area contributed by atoms with Gasteiger partial charge in [0.2, 0.25) is 0 Å². The van der Waals surface area contributed by atoms with E-state index in [1.165, 1.54) is 0 Å². The van der Waals surface area contributed by atoms with Crippen LogP contribution in [0.1, 0.15) is 0 Å². The van der Waals surface area contributed by atoms with Gasteiger partial charge in [0.1, 0.15) is 12.4 Å². The second-order valence-electron chi connectivity index (χ2n) is 4.03. The van der Waals surface area contributed by atoms with Crippen molar-refractivity contribution < 1.29 is 9.84 Å². The van der Waals surface area contributed by atoms with Crippen molar-refractivity contribution >= 4 is 0 Å². The highest BCUT2D eigenvalue weighted by Gasteiger charge is 2.19. The first-order valence-electron chi connectivity index (χ1n) is 5.64. The average molecular weight is 222 g/mol. The van der Waals surface area contributed by atoms with Gasteiger partial charge in [-0.3, -0.25) is 0 Å². The molecule has 3 N–H and O–H groups in total. The summed E-state index contributed by atoms with van der Waals surface area (Å²) in [5.41, 5.74) is 0. The molecule has 16 heavy (non-hydrogen) atoms. The van der Waals surface area contributed by atoms with Crippen molar-refractivity contribution in [3.63, 3.8) is 0 Å². The summed E-state index contributed by atoms with van der Waals surface area (Å²) in [6, 6.07) is 10.2. The number of benzene rings is 1. The van der Waals surface area contributed by atoms with Crippen LogP contribution in [0.3, 0.4) is 0 Å². The van der Waals surface area contributed by atoms with Crippen LogP contribution >= 0.6 is 0 Å². The van der Waals surface area contributed by atoms with E-state index in [0.717, 1.165) is 18.8 Å². The van der Waals surface area contributed by atoms with E-state index in [-0.39, 0.29) is 18.7 Å². The van der Waals surface area contributed by atoms with Gasteiger partial charge in [-0.1, -0.05) is 18.2 Å². The Bertz CT molecular complexity index is 305. The molecule has 1 aliphatic heterocycles. The third-order valence-corrected chi connectivity index (χ3v) is 2.67. The minimum atomic E-state index is 0.137. The number of para-hydroxylation sites is 1. The molecule has 4 nitrogen and oxygen atoms in total. The Morgan fingerprint density at radius 1 is 1.19 bits per heavy atom. The van der Waals surface area contributed by atoms with E-state index in [2.05, 4.69) is 10.6 Å². The van der Waals surface area contributed by atoms with Crippen LogP contribution in [-0.4, -0.2) is 43.5 Å². The molecule has 0 radical (unpaired) electrons. The van der Waals surface area contributed by atoms with Gasteiger partial charge in [0.15, 0.2) is 0 Å². The van der Waals surface area contributed by atoms with E-state index in [1.807, 2.05) is 30.3 Å². The van der Waals surface area contributed by atoms with Gasteiger partial charge in [-0.05, 0) is 12.1 Å². The van der Waals surface area contributed by atoms with Crippen molar-refractivity contribution in [3.8, 4) is 5.75 Å². The molecule has 1 heterocycles. The Kier molecular flexibility index (Phi) is 4.16. The number of aliphatic hydroxyl groups excluding tert-OH is 1. The number of nitrogens with one attached hydrogen (secondary N) is 2.